The van der Waals surface area contributed by atoms with E-state index < -0.39 is 0 Å². The van der Waals surface area contributed by atoms with Crippen LogP contribution in [0.1, 0.15) is 52.4 Å². The fraction of sp³-hybridized carbons (Fsp3) is 0.933. The Hall–Kier alpha value is -0.0800. The van der Waals surface area contributed by atoms with Crippen molar-refractivity contribution >= 4 is 17.4 Å². The number of hydrogen-bond donors (Lipinski definition) is 1. The lowest BCUT2D eigenvalue weighted by atomic mass is 9.85. The molecule has 1 aliphatic carbocycles. The molecule has 1 saturated heterocycles. The van der Waals surface area contributed by atoms with Crippen molar-refractivity contribution in [3.05, 3.63) is 0 Å². The summed E-state index contributed by atoms with van der Waals surface area (Å²) >= 11 is 6.10. The van der Waals surface area contributed by atoms with E-state index in [1.807, 2.05) is 0 Å². The van der Waals surface area contributed by atoms with Crippen LogP contribution in [0.2, 0.25) is 0 Å². The summed E-state index contributed by atoms with van der Waals surface area (Å²) < 4.78 is 0. The second-order valence-electron chi connectivity index (χ2n) is 6.53. The lowest BCUT2D eigenvalue weighted by Crippen LogP contribution is -3.17. The molecule has 3 unspecified atom stereocenters. The molecule has 3 atom stereocenters. The van der Waals surface area contributed by atoms with Crippen molar-refractivity contribution in [1.29, 1.82) is 0 Å². The van der Waals surface area contributed by atoms with Crippen LogP contribution in [0.15, 0.2) is 0 Å². The third kappa shape index (κ3) is 3.71. The van der Waals surface area contributed by atoms with E-state index in [1.54, 1.807) is 0 Å². The van der Waals surface area contributed by atoms with E-state index in [0.717, 1.165) is 38.1 Å². The summed E-state index contributed by atoms with van der Waals surface area (Å²) in [7, 11) is 0. The Kier molecular flexibility index (Phi) is 5.08. The average molecular weight is 273 g/mol. The van der Waals surface area contributed by atoms with Crippen LogP contribution < -0.4 is 4.90 Å². The quantitative estimate of drug-likeness (QED) is 0.781. The number of ketones is 1. The molecule has 0 spiro atoms. The number of carbonyl (C=O) groups is 1. The molecule has 18 heavy (non-hydrogen) atoms. The summed E-state index contributed by atoms with van der Waals surface area (Å²) in [6.07, 6.45) is 6.65. The molecule has 2 rings (SSSR count). The maximum absolute atomic E-state index is 12.3. The summed E-state index contributed by atoms with van der Waals surface area (Å²) in [6, 6.07) is 0.655. The minimum Gasteiger partial charge on any atom is -0.327 e. The van der Waals surface area contributed by atoms with Gasteiger partial charge in [0.05, 0.1) is 12.6 Å². The third-order valence-electron chi connectivity index (χ3n) is 4.92. The van der Waals surface area contributed by atoms with Gasteiger partial charge in [0.15, 0.2) is 5.78 Å². The van der Waals surface area contributed by atoms with Crippen molar-refractivity contribution in [2.45, 2.75) is 63.8 Å². The molecule has 0 radical (unpaired) electrons. The van der Waals surface area contributed by atoms with Gasteiger partial charge in [-0.25, -0.2) is 0 Å². The van der Waals surface area contributed by atoms with Gasteiger partial charge in [-0.1, -0.05) is 6.92 Å². The minimum atomic E-state index is 0.305. The van der Waals surface area contributed by atoms with Gasteiger partial charge in [-0.05, 0) is 44.9 Å². The molecule has 2 aliphatic rings. The molecule has 0 aromatic carbocycles. The van der Waals surface area contributed by atoms with Crippen molar-refractivity contribution in [1.82, 2.24) is 0 Å². The lowest BCUT2D eigenvalue weighted by Gasteiger charge is -2.34. The zero-order chi connectivity index (χ0) is 13.1. The predicted octanol–water partition coefficient (Wildman–Crippen LogP) is 2.06. The van der Waals surface area contributed by atoms with Gasteiger partial charge in [-0.15, -0.1) is 11.6 Å². The molecule has 0 bridgehead atoms. The highest BCUT2D eigenvalue weighted by molar-refractivity contribution is 6.20. The van der Waals surface area contributed by atoms with Gasteiger partial charge in [0.25, 0.3) is 0 Å². The molecule has 1 heterocycles. The smallest absolute Gasteiger partial charge is 0.189 e. The summed E-state index contributed by atoms with van der Waals surface area (Å²) in [5, 5.41) is 0.316. The Morgan fingerprint density at radius 2 is 1.83 bits per heavy atom. The number of carbonyl (C=O) groups excluding carboxylic acids is 1. The molecule has 104 valence electrons. The van der Waals surface area contributed by atoms with Gasteiger partial charge in [0.1, 0.15) is 6.54 Å². The fourth-order valence-electron chi connectivity index (χ4n) is 3.57. The molecule has 0 aromatic rings. The maximum Gasteiger partial charge on any atom is 0.189 e. The van der Waals surface area contributed by atoms with E-state index in [2.05, 4.69) is 13.8 Å². The predicted molar refractivity (Wildman–Crippen MR) is 75.2 cm³/mol. The van der Waals surface area contributed by atoms with E-state index in [-0.39, 0.29) is 0 Å². The van der Waals surface area contributed by atoms with Crippen LogP contribution in [0.3, 0.4) is 0 Å². The largest absolute Gasteiger partial charge is 0.327 e. The van der Waals surface area contributed by atoms with Gasteiger partial charge < -0.3 is 4.90 Å². The number of nitrogens with one attached hydrogen (secondary N) is 1. The second-order valence-corrected chi connectivity index (χ2v) is 7.15. The van der Waals surface area contributed by atoms with Crippen molar-refractivity contribution in [3.63, 3.8) is 0 Å². The van der Waals surface area contributed by atoms with Crippen LogP contribution >= 0.6 is 11.6 Å². The lowest BCUT2D eigenvalue weighted by molar-refractivity contribution is -0.922. The maximum atomic E-state index is 12.3. The SMILES string of the molecule is CC1CC[NH+](CC(=O)C2CCC(Cl)CC2)C(C)C1. The number of Topliss-reactive ketones (excluding diaryl/α,β-unsaturated/α-hetero) is 1. The summed E-state index contributed by atoms with van der Waals surface area (Å²) in [5.74, 6) is 1.64. The Balaban J connectivity index is 1.80. The number of halogens is 1. The normalized spacial score (nSPS) is 41.6. The molecule has 2 fully saturated rings. The average Bonchev–Trinajstić information content (AvgIpc) is 2.33. The summed E-state index contributed by atoms with van der Waals surface area (Å²) in [4.78, 5) is 13.9. The molecule has 1 aliphatic heterocycles. The van der Waals surface area contributed by atoms with Crippen molar-refractivity contribution in [2.75, 3.05) is 13.1 Å². The first-order valence-corrected chi connectivity index (χ1v) is 8.01. The first-order valence-electron chi connectivity index (χ1n) is 7.57. The zero-order valence-electron chi connectivity index (χ0n) is 11.8. The minimum absolute atomic E-state index is 0.305. The van der Waals surface area contributed by atoms with Gasteiger partial charge in [0, 0.05) is 17.7 Å². The Morgan fingerprint density at radius 3 is 2.44 bits per heavy atom. The highest BCUT2D eigenvalue weighted by atomic mass is 35.5. The van der Waals surface area contributed by atoms with Gasteiger partial charge in [0.2, 0.25) is 0 Å². The number of alkyl halides is 1. The summed E-state index contributed by atoms with van der Waals surface area (Å²) in [6.45, 7) is 6.56. The standard InChI is InChI=1S/C15H26ClNO/c1-11-7-8-17(12(2)9-11)10-15(18)13-3-5-14(16)6-4-13/h11-14H,3-10H2,1-2H3/p+1. The van der Waals surface area contributed by atoms with Gasteiger partial charge >= 0.3 is 0 Å². The number of quaternary nitrogens is 1. The van der Waals surface area contributed by atoms with E-state index in [1.165, 1.54) is 24.3 Å². The molecule has 2 nitrogen and oxygen atoms in total. The molecule has 1 saturated carbocycles. The number of hydrogen-bond acceptors (Lipinski definition) is 1. The van der Waals surface area contributed by atoms with Crippen molar-refractivity contribution in [3.8, 4) is 0 Å². The molecule has 3 heteroatoms. The van der Waals surface area contributed by atoms with E-state index in [4.69, 9.17) is 11.6 Å². The Labute approximate surface area is 116 Å². The summed E-state index contributed by atoms with van der Waals surface area (Å²) in [5.41, 5.74) is 0. The van der Waals surface area contributed by atoms with Crippen LogP contribution in [0.25, 0.3) is 0 Å². The van der Waals surface area contributed by atoms with Crippen LogP contribution in [0, 0.1) is 11.8 Å². The molecular formula is C15H27ClNO+. The number of rotatable bonds is 3. The van der Waals surface area contributed by atoms with Crippen LogP contribution in [0.5, 0.6) is 0 Å². The fourth-order valence-corrected chi connectivity index (χ4v) is 3.82. The van der Waals surface area contributed by atoms with Gasteiger partial charge in [-0.2, -0.15) is 0 Å². The van der Waals surface area contributed by atoms with Crippen LogP contribution in [-0.2, 0) is 4.79 Å². The van der Waals surface area contributed by atoms with E-state index >= 15 is 0 Å². The van der Waals surface area contributed by atoms with Gasteiger partial charge in [-0.3, -0.25) is 4.79 Å². The van der Waals surface area contributed by atoms with E-state index in [9.17, 15) is 4.79 Å². The highest BCUT2D eigenvalue weighted by Crippen LogP contribution is 2.27. The Morgan fingerprint density at radius 1 is 1.17 bits per heavy atom. The highest BCUT2D eigenvalue weighted by Gasteiger charge is 2.32. The van der Waals surface area contributed by atoms with Crippen molar-refractivity contribution in [2.24, 2.45) is 11.8 Å². The molecular weight excluding hydrogens is 246 g/mol. The zero-order valence-corrected chi connectivity index (χ0v) is 12.5. The number of likely N-dealkylation sites (tertiary alicyclic amines) is 1. The third-order valence-corrected chi connectivity index (χ3v) is 5.36. The first-order chi connectivity index (χ1) is 8.56. The first kappa shape index (κ1) is 14.3. The number of piperidine rings is 1. The second kappa shape index (κ2) is 6.38. The molecule has 1 N–H and O–H groups in total. The van der Waals surface area contributed by atoms with E-state index in [0.29, 0.717) is 23.1 Å². The topological polar surface area (TPSA) is 21.5 Å². The van der Waals surface area contributed by atoms with Crippen LogP contribution in [0.4, 0.5) is 0 Å². The molecule has 0 aromatic heterocycles. The Bertz CT molecular complexity index is 286. The monoisotopic (exact) mass is 272 g/mol. The van der Waals surface area contributed by atoms with Crippen LogP contribution in [-0.4, -0.2) is 30.3 Å². The molecule has 0 amide bonds. The van der Waals surface area contributed by atoms with Crippen molar-refractivity contribution < 1.29 is 9.69 Å².